The predicted octanol–water partition coefficient (Wildman–Crippen LogP) is 4.71. The Hall–Kier alpha value is -0.0100. The minimum Gasteiger partial charge on any atom is -0.149 e. The Morgan fingerprint density at radius 3 is 2.86 bits per heavy atom. The highest BCUT2D eigenvalue weighted by Crippen LogP contribution is 2.36. The maximum atomic E-state index is 6.29. The molecule has 2 unspecified atom stereocenters. The molecular formula is C12H17ClS. The smallest absolute Gasteiger partial charge is 0.0341 e. The van der Waals surface area contributed by atoms with Crippen molar-refractivity contribution in [3.8, 4) is 0 Å². The van der Waals surface area contributed by atoms with Gasteiger partial charge in [-0.1, -0.05) is 12.8 Å². The molecule has 0 aromatic carbocycles. The summed E-state index contributed by atoms with van der Waals surface area (Å²) >= 11 is 8.15. The van der Waals surface area contributed by atoms with Gasteiger partial charge >= 0.3 is 0 Å². The van der Waals surface area contributed by atoms with Crippen molar-refractivity contribution >= 4 is 22.9 Å². The second kappa shape index (κ2) is 4.67. The Kier molecular flexibility index (Phi) is 3.51. The summed E-state index contributed by atoms with van der Waals surface area (Å²) in [4.78, 5) is 1.49. The van der Waals surface area contributed by atoms with E-state index in [4.69, 9.17) is 11.6 Å². The summed E-state index contributed by atoms with van der Waals surface area (Å²) in [6, 6.07) is 2.29. The van der Waals surface area contributed by atoms with E-state index in [1.807, 2.05) is 11.3 Å². The molecule has 2 heteroatoms. The van der Waals surface area contributed by atoms with Crippen LogP contribution in [-0.4, -0.2) is 5.38 Å². The largest absolute Gasteiger partial charge is 0.149 e. The van der Waals surface area contributed by atoms with E-state index in [0.717, 1.165) is 5.92 Å². The van der Waals surface area contributed by atoms with Gasteiger partial charge in [-0.05, 0) is 49.1 Å². The molecule has 1 saturated carbocycles. The summed E-state index contributed by atoms with van der Waals surface area (Å²) in [6.07, 6.45) is 6.39. The third kappa shape index (κ3) is 2.32. The topological polar surface area (TPSA) is 0 Å². The Morgan fingerprint density at radius 1 is 1.36 bits per heavy atom. The van der Waals surface area contributed by atoms with Crippen molar-refractivity contribution in [2.24, 2.45) is 0 Å². The molecule has 0 nitrogen and oxygen atoms in total. The molecule has 14 heavy (non-hydrogen) atoms. The van der Waals surface area contributed by atoms with Crippen LogP contribution in [0, 0.1) is 6.92 Å². The molecule has 1 fully saturated rings. The van der Waals surface area contributed by atoms with E-state index >= 15 is 0 Å². The second-order valence-corrected chi connectivity index (χ2v) is 5.98. The van der Waals surface area contributed by atoms with Crippen LogP contribution in [0.5, 0.6) is 0 Å². The lowest BCUT2D eigenvalue weighted by Gasteiger charge is -2.15. The zero-order valence-corrected chi connectivity index (χ0v) is 10.2. The molecule has 0 N–H and O–H groups in total. The first-order valence-corrected chi connectivity index (χ1v) is 6.77. The molecule has 1 heterocycles. The Bertz CT molecular complexity index is 292. The Labute approximate surface area is 95.3 Å². The van der Waals surface area contributed by atoms with Crippen LogP contribution >= 0.6 is 22.9 Å². The van der Waals surface area contributed by atoms with Crippen molar-refractivity contribution in [2.45, 2.75) is 50.3 Å². The molecule has 78 valence electrons. The van der Waals surface area contributed by atoms with E-state index in [1.54, 1.807) is 5.56 Å². The summed E-state index contributed by atoms with van der Waals surface area (Å²) in [5.74, 6) is 0.728. The molecule has 0 saturated heterocycles. The number of hydrogen-bond acceptors (Lipinski definition) is 1. The number of rotatable bonds is 1. The lowest BCUT2D eigenvalue weighted by Crippen LogP contribution is -2.04. The van der Waals surface area contributed by atoms with Crippen molar-refractivity contribution in [2.75, 3.05) is 0 Å². The molecule has 2 rings (SSSR count). The minimum absolute atomic E-state index is 0.404. The Morgan fingerprint density at radius 2 is 2.14 bits per heavy atom. The Balaban J connectivity index is 2.13. The van der Waals surface area contributed by atoms with Gasteiger partial charge in [-0.15, -0.1) is 22.9 Å². The molecular weight excluding hydrogens is 212 g/mol. The molecule has 0 radical (unpaired) electrons. The highest BCUT2D eigenvalue weighted by Gasteiger charge is 2.21. The molecule has 0 aliphatic heterocycles. The molecule has 1 aliphatic rings. The summed E-state index contributed by atoms with van der Waals surface area (Å²) in [7, 11) is 0. The average molecular weight is 229 g/mol. The number of halogens is 1. The summed E-state index contributed by atoms with van der Waals surface area (Å²) in [6.45, 7) is 2.23. The number of aryl methyl sites for hydroxylation is 1. The fraction of sp³-hybridized carbons (Fsp3) is 0.667. The third-order valence-electron chi connectivity index (χ3n) is 3.20. The van der Waals surface area contributed by atoms with Crippen LogP contribution in [0.4, 0.5) is 0 Å². The number of hydrogen-bond donors (Lipinski definition) is 0. The van der Waals surface area contributed by atoms with E-state index in [9.17, 15) is 0 Å². The zero-order valence-electron chi connectivity index (χ0n) is 8.63. The van der Waals surface area contributed by atoms with Crippen molar-refractivity contribution < 1.29 is 0 Å². The van der Waals surface area contributed by atoms with Crippen LogP contribution in [0.2, 0.25) is 0 Å². The summed E-state index contributed by atoms with van der Waals surface area (Å²) < 4.78 is 0. The normalized spacial score (nSPS) is 28.7. The molecule has 0 bridgehead atoms. The summed E-state index contributed by atoms with van der Waals surface area (Å²) in [5, 5.41) is 2.61. The van der Waals surface area contributed by atoms with Gasteiger partial charge in [0.25, 0.3) is 0 Å². The molecule has 1 aliphatic carbocycles. The standard InChI is InChI=1S/C12H17ClS/c1-9-12(6-7-14-9)10-4-2-3-5-11(13)8-10/h6-7,10-11H,2-5,8H2,1H3. The maximum absolute atomic E-state index is 6.29. The average Bonchev–Trinajstić information content (AvgIpc) is 2.45. The zero-order chi connectivity index (χ0) is 9.97. The monoisotopic (exact) mass is 228 g/mol. The van der Waals surface area contributed by atoms with Gasteiger partial charge in [0.2, 0.25) is 0 Å². The SMILES string of the molecule is Cc1sccc1C1CCCCC(Cl)C1. The summed E-state index contributed by atoms with van der Waals surface area (Å²) in [5.41, 5.74) is 1.56. The number of thiophene rings is 1. The van der Waals surface area contributed by atoms with Crippen LogP contribution in [0.25, 0.3) is 0 Å². The van der Waals surface area contributed by atoms with Gasteiger partial charge < -0.3 is 0 Å². The molecule has 1 aromatic heterocycles. The van der Waals surface area contributed by atoms with E-state index in [0.29, 0.717) is 5.38 Å². The maximum Gasteiger partial charge on any atom is 0.0341 e. The highest BCUT2D eigenvalue weighted by atomic mass is 35.5. The second-order valence-electron chi connectivity index (χ2n) is 4.25. The van der Waals surface area contributed by atoms with Crippen molar-refractivity contribution in [3.05, 3.63) is 21.9 Å². The molecule has 2 atom stereocenters. The van der Waals surface area contributed by atoms with E-state index in [2.05, 4.69) is 18.4 Å². The van der Waals surface area contributed by atoms with Crippen molar-refractivity contribution in [3.63, 3.8) is 0 Å². The first-order chi connectivity index (χ1) is 6.77. The van der Waals surface area contributed by atoms with Crippen LogP contribution in [0.15, 0.2) is 11.4 Å². The van der Waals surface area contributed by atoms with E-state index in [1.165, 1.54) is 37.0 Å². The van der Waals surface area contributed by atoms with Crippen LogP contribution in [0.1, 0.15) is 48.5 Å². The van der Waals surface area contributed by atoms with Crippen molar-refractivity contribution in [1.82, 2.24) is 0 Å². The molecule has 0 amide bonds. The van der Waals surface area contributed by atoms with Gasteiger partial charge in [0.05, 0.1) is 0 Å². The van der Waals surface area contributed by atoms with Crippen LogP contribution in [0.3, 0.4) is 0 Å². The molecule has 1 aromatic rings. The minimum atomic E-state index is 0.404. The lowest BCUT2D eigenvalue weighted by molar-refractivity contribution is 0.595. The lowest BCUT2D eigenvalue weighted by atomic mass is 9.92. The fourth-order valence-corrected chi connectivity index (χ4v) is 3.56. The third-order valence-corrected chi connectivity index (χ3v) is 4.46. The van der Waals surface area contributed by atoms with Gasteiger partial charge in [-0.2, -0.15) is 0 Å². The quantitative estimate of drug-likeness (QED) is 0.482. The first kappa shape index (κ1) is 10.5. The van der Waals surface area contributed by atoms with E-state index in [-0.39, 0.29) is 0 Å². The predicted molar refractivity (Wildman–Crippen MR) is 64.5 cm³/mol. The van der Waals surface area contributed by atoms with Crippen LogP contribution < -0.4 is 0 Å². The number of alkyl halides is 1. The van der Waals surface area contributed by atoms with Gasteiger partial charge in [-0.25, -0.2) is 0 Å². The first-order valence-electron chi connectivity index (χ1n) is 5.45. The van der Waals surface area contributed by atoms with Gasteiger partial charge in [0.15, 0.2) is 0 Å². The van der Waals surface area contributed by atoms with Gasteiger partial charge in [-0.3, -0.25) is 0 Å². The van der Waals surface area contributed by atoms with Gasteiger partial charge in [0, 0.05) is 10.3 Å². The molecule has 0 spiro atoms. The van der Waals surface area contributed by atoms with Crippen LogP contribution in [-0.2, 0) is 0 Å². The van der Waals surface area contributed by atoms with Gasteiger partial charge in [0.1, 0.15) is 0 Å². The van der Waals surface area contributed by atoms with E-state index < -0.39 is 0 Å². The highest BCUT2D eigenvalue weighted by molar-refractivity contribution is 7.10. The van der Waals surface area contributed by atoms with Crippen molar-refractivity contribution in [1.29, 1.82) is 0 Å². The fourth-order valence-electron chi connectivity index (χ4n) is 2.40.